The fourth-order valence-electron chi connectivity index (χ4n) is 6.52. The Kier molecular flexibility index (Phi) is 10.3. The zero-order chi connectivity index (χ0) is 31.3. The highest BCUT2D eigenvalue weighted by Gasteiger charge is 2.38. The number of likely N-dealkylation sites (tertiary alicyclic amines) is 1. The van der Waals surface area contributed by atoms with Gasteiger partial charge in [0.1, 0.15) is 17.8 Å². The van der Waals surface area contributed by atoms with E-state index in [1.54, 1.807) is 11.0 Å². The number of fused-ring (bicyclic) bond motifs is 1. The van der Waals surface area contributed by atoms with E-state index in [4.69, 9.17) is 0 Å². The number of aromatic nitrogens is 2. The Morgan fingerprint density at radius 3 is 2.50 bits per heavy atom. The molecule has 44 heavy (non-hydrogen) atoms. The van der Waals surface area contributed by atoms with Crippen molar-refractivity contribution in [1.82, 2.24) is 34.9 Å². The summed E-state index contributed by atoms with van der Waals surface area (Å²) in [5.74, 6) is 0.290. The lowest BCUT2D eigenvalue weighted by atomic mass is 9.84. The molecule has 4 N–H and O–H groups in total. The van der Waals surface area contributed by atoms with Crippen molar-refractivity contribution in [1.29, 1.82) is 0 Å². The number of aliphatic hydroxyl groups excluding tert-OH is 1. The van der Waals surface area contributed by atoms with Gasteiger partial charge in [-0.25, -0.2) is 14.8 Å². The van der Waals surface area contributed by atoms with Crippen LogP contribution in [-0.4, -0.2) is 135 Å². The zero-order valence-corrected chi connectivity index (χ0v) is 26.3. The minimum absolute atomic E-state index is 0.00504. The predicted molar refractivity (Wildman–Crippen MR) is 169 cm³/mol. The predicted octanol–water partition coefficient (Wildman–Crippen LogP) is 1.82. The summed E-state index contributed by atoms with van der Waals surface area (Å²) in [6, 6.07) is 10.3. The number of rotatable bonds is 11. The van der Waals surface area contributed by atoms with Crippen LogP contribution in [0.3, 0.4) is 0 Å². The van der Waals surface area contributed by atoms with Crippen molar-refractivity contribution in [2.45, 2.75) is 58.3 Å². The molecule has 0 saturated carbocycles. The number of β-amino-alcohol motifs (C(OH)–C–C–N with tert-alkyl or cyclic N) is 1. The Hall–Kier alpha value is -3.32. The summed E-state index contributed by atoms with van der Waals surface area (Å²) in [6.45, 7) is 14.5. The number of nitrogens with one attached hydrogen (secondary N) is 2. The third-order valence-corrected chi connectivity index (χ3v) is 9.04. The monoisotopic (exact) mass is 608 g/mol. The minimum atomic E-state index is -0.825. The highest BCUT2D eigenvalue weighted by molar-refractivity contribution is 5.92. The Bertz CT molecular complexity index is 1280. The number of aliphatic hydroxyl groups is 1. The summed E-state index contributed by atoms with van der Waals surface area (Å²) in [5, 5.41) is 26.4. The van der Waals surface area contributed by atoms with E-state index in [0.717, 1.165) is 65.2 Å². The number of hydrogen-bond donors (Lipinski definition) is 4. The SMILES string of the molecule is CC(C)(C)C1CN(CCCN2CC(Nc3cc(C(=O)NCC(O)CN4CCc5ccccc5C4)ncn3)C2)CCN1C(=O)O. The van der Waals surface area contributed by atoms with Crippen molar-refractivity contribution in [2.24, 2.45) is 5.41 Å². The Balaban J connectivity index is 0.984. The number of hydrogen-bond acceptors (Lipinski definition) is 9. The molecule has 12 nitrogen and oxygen atoms in total. The molecule has 3 aliphatic heterocycles. The van der Waals surface area contributed by atoms with Gasteiger partial charge in [-0.2, -0.15) is 0 Å². The maximum atomic E-state index is 12.8. The molecule has 0 spiro atoms. The van der Waals surface area contributed by atoms with Crippen molar-refractivity contribution < 1.29 is 19.8 Å². The molecule has 0 aliphatic carbocycles. The summed E-state index contributed by atoms with van der Waals surface area (Å²) in [7, 11) is 0. The van der Waals surface area contributed by atoms with Gasteiger partial charge in [0.05, 0.1) is 18.2 Å². The molecule has 3 aliphatic rings. The maximum absolute atomic E-state index is 12.8. The standard InChI is InChI=1S/C32H48N8O4/c1-32(2,3)28-21-37(13-14-40(28)31(43)44)10-6-11-38-18-25(19-38)36-29-15-27(34-22-35-29)30(42)33-16-26(41)20-39-12-9-23-7-4-5-8-24(23)17-39/h4-5,7-8,15,22,25-26,28,41H,6,9-14,16-21H2,1-3H3,(H,33,42)(H,43,44)(H,34,35,36). The van der Waals surface area contributed by atoms with Gasteiger partial charge < -0.3 is 25.7 Å². The number of anilines is 1. The normalized spacial score (nSPS) is 20.9. The van der Waals surface area contributed by atoms with E-state index in [1.807, 2.05) is 6.07 Å². The number of piperazine rings is 1. The van der Waals surface area contributed by atoms with Crippen LogP contribution in [-0.2, 0) is 13.0 Å². The Labute approximate surface area is 260 Å². The van der Waals surface area contributed by atoms with E-state index in [-0.39, 0.29) is 35.6 Å². The van der Waals surface area contributed by atoms with Crippen molar-refractivity contribution in [3.05, 3.63) is 53.5 Å². The molecule has 5 rings (SSSR count). The largest absolute Gasteiger partial charge is 0.465 e. The lowest BCUT2D eigenvalue weighted by molar-refractivity contribution is 0.0198. The van der Waals surface area contributed by atoms with Crippen LogP contribution in [0.5, 0.6) is 0 Å². The van der Waals surface area contributed by atoms with E-state index in [1.165, 1.54) is 17.5 Å². The first-order valence-electron chi connectivity index (χ1n) is 15.8. The van der Waals surface area contributed by atoms with Gasteiger partial charge in [0.25, 0.3) is 5.91 Å². The average molecular weight is 609 g/mol. The summed E-state index contributed by atoms with van der Waals surface area (Å²) >= 11 is 0. The summed E-state index contributed by atoms with van der Waals surface area (Å²) in [4.78, 5) is 41.5. The van der Waals surface area contributed by atoms with E-state index in [2.05, 4.69) is 74.3 Å². The number of amides is 2. The average Bonchev–Trinajstić information content (AvgIpc) is 2.98. The molecular formula is C32H48N8O4. The lowest BCUT2D eigenvalue weighted by Gasteiger charge is -2.46. The van der Waals surface area contributed by atoms with Crippen molar-refractivity contribution in [2.75, 3.05) is 70.8 Å². The second kappa shape index (κ2) is 14.2. The van der Waals surface area contributed by atoms with Gasteiger partial charge in [0.2, 0.25) is 0 Å². The van der Waals surface area contributed by atoms with Gasteiger partial charge in [-0.15, -0.1) is 0 Å². The molecule has 4 heterocycles. The van der Waals surface area contributed by atoms with E-state index in [9.17, 15) is 19.8 Å². The number of nitrogens with zero attached hydrogens (tertiary/aromatic N) is 6. The van der Waals surface area contributed by atoms with Crippen molar-refractivity contribution in [3.8, 4) is 0 Å². The number of carbonyl (C=O) groups excluding carboxylic acids is 1. The third kappa shape index (κ3) is 8.44. The molecular weight excluding hydrogens is 560 g/mol. The molecule has 2 unspecified atom stereocenters. The van der Waals surface area contributed by atoms with Gasteiger partial charge in [-0.3, -0.25) is 19.5 Å². The Morgan fingerprint density at radius 1 is 1.00 bits per heavy atom. The second-order valence-corrected chi connectivity index (χ2v) is 13.5. The quantitative estimate of drug-likeness (QED) is 0.299. The number of carbonyl (C=O) groups is 2. The number of carboxylic acid groups (broad SMARTS) is 1. The van der Waals surface area contributed by atoms with Crippen LogP contribution in [0.1, 0.15) is 48.8 Å². The maximum Gasteiger partial charge on any atom is 0.407 e. The van der Waals surface area contributed by atoms with Gasteiger partial charge in [0.15, 0.2) is 0 Å². The fraction of sp³-hybridized carbons (Fsp3) is 0.625. The Morgan fingerprint density at radius 2 is 1.75 bits per heavy atom. The van der Waals surface area contributed by atoms with Crippen molar-refractivity contribution in [3.63, 3.8) is 0 Å². The molecule has 240 valence electrons. The lowest BCUT2D eigenvalue weighted by Crippen LogP contribution is -2.59. The molecule has 2 atom stereocenters. The highest BCUT2D eigenvalue weighted by Crippen LogP contribution is 2.28. The molecule has 2 fully saturated rings. The first-order valence-corrected chi connectivity index (χ1v) is 15.8. The molecule has 12 heteroatoms. The fourth-order valence-corrected chi connectivity index (χ4v) is 6.52. The first-order chi connectivity index (χ1) is 21.0. The minimum Gasteiger partial charge on any atom is -0.465 e. The van der Waals surface area contributed by atoms with Crippen LogP contribution in [0.2, 0.25) is 0 Å². The van der Waals surface area contributed by atoms with Gasteiger partial charge in [0, 0.05) is 65.0 Å². The number of benzene rings is 1. The van der Waals surface area contributed by atoms with Crippen LogP contribution >= 0.6 is 0 Å². The summed E-state index contributed by atoms with van der Waals surface area (Å²) in [6.07, 6.45) is 1.90. The molecule has 1 aromatic heterocycles. The van der Waals surface area contributed by atoms with Crippen LogP contribution in [0.15, 0.2) is 36.7 Å². The van der Waals surface area contributed by atoms with E-state index >= 15 is 0 Å². The molecule has 2 amide bonds. The highest BCUT2D eigenvalue weighted by atomic mass is 16.4. The third-order valence-electron chi connectivity index (χ3n) is 9.04. The van der Waals surface area contributed by atoms with E-state index < -0.39 is 12.2 Å². The van der Waals surface area contributed by atoms with Crippen molar-refractivity contribution >= 4 is 17.8 Å². The van der Waals surface area contributed by atoms with Gasteiger partial charge >= 0.3 is 6.09 Å². The van der Waals surface area contributed by atoms with Gasteiger partial charge in [-0.05, 0) is 42.5 Å². The van der Waals surface area contributed by atoms with Crippen LogP contribution in [0.4, 0.5) is 10.6 Å². The van der Waals surface area contributed by atoms with Crippen LogP contribution in [0.25, 0.3) is 0 Å². The first kappa shape index (κ1) is 32.1. The van der Waals surface area contributed by atoms with Gasteiger partial charge in [-0.1, -0.05) is 45.0 Å². The molecule has 1 aromatic carbocycles. The topological polar surface area (TPSA) is 137 Å². The smallest absolute Gasteiger partial charge is 0.407 e. The summed E-state index contributed by atoms with van der Waals surface area (Å²) < 4.78 is 0. The molecule has 2 saturated heterocycles. The van der Waals surface area contributed by atoms with Crippen LogP contribution < -0.4 is 10.6 Å². The van der Waals surface area contributed by atoms with Crippen LogP contribution in [0, 0.1) is 5.41 Å². The zero-order valence-electron chi connectivity index (χ0n) is 26.3. The second-order valence-electron chi connectivity index (χ2n) is 13.5. The molecule has 0 radical (unpaired) electrons. The van der Waals surface area contributed by atoms with E-state index in [0.29, 0.717) is 18.9 Å². The molecule has 2 aromatic rings. The summed E-state index contributed by atoms with van der Waals surface area (Å²) in [5.41, 5.74) is 2.84. The molecule has 0 bridgehead atoms.